The number of Topliss-reactive ketones (excluding diaryl/α,β-unsaturated/α-hetero) is 1. The zero-order chi connectivity index (χ0) is 19.4. The number of nitrogens with two attached hydrogens (primary N) is 1. The molecule has 0 atom stereocenters. The van der Waals surface area contributed by atoms with Gasteiger partial charge < -0.3 is 15.6 Å². The van der Waals surface area contributed by atoms with Crippen LogP contribution in [-0.4, -0.2) is 36.3 Å². The predicted molar refractivity (Wildman–Crippen MR) is 113 cm³/mol. The Balaban J connectivity index is 2.16. The summed E-state index contributed by atoms with van der Waals surface area (Å²) in [5, 5.41) is 1.16. The molecule has 0 bridgehead atoms. The molecular formula is C23H27N3O. The maximum Gasteiger partial charge on any atom is 0.164 e. The van der Waals surface area contributed by atoms with Gasteiger partial charge in [-0.1, -0.05) is 48.5 Å². The van der Waals surface area contributed by atoms with E-state index in [1.807, 2.05) is 48.5 Å². The normalized spacial score (nSPS) is 12.4. The van der Waals surface area contributed by atoms with Crippen molar-refractivity contribution in [3.63, 3.8) is 0 Å². The molecule has 0 radical (unpaired) electrons. The number of aryl methyl sites for hydroxylation is 1. The number of nitrogens with zero attached hydrogens (tertiary/aromatic N) is 1. The third kappa shape index (κ3) is 4.12. The maximum absolute atomic E-state index is 12.6. The number of ketones is 1. The molecule has 3 N–H and O–H groups in total. The quantitative estimate of drug-likeness (QED) is 0.623. The van der Waals surface area contributed by atoms with Crippen molar-refractivity contribution in [3.05, 3.63) is 71.4 Å². The highest BCUT2D eigenvalue weighted by atomic mass is 16.1. The summed E-state index contributed by atoms with van der Waals surface area (Å²) in [5.41, 5.74) is 11.5. The van der Waals surface area contributed by atoms with Crippen LogP contribution in [0.1, 0.15) is 30.2 Å². The number of para-hydroxylation sites is 1. The number of hydrogen-bond acceptors (Lipinski definition) is 3. The Kier molecular flexibility index (Phi) is 5.77. The number of rotatable bonds is 7. The fourth-order valence-corrected chi connectivity index (χ4v) is 3.51. The van der Waals surface area contributed by atoms with Crippen LogP contribution in [0.5, 0.6) is 0 Å². The minimum absolute atomic E-state index is 0.0308. The van der Waals surface area contributed by atoms with E-state index in [4.69, 9.17) is 5.73 Å². The van der Waals surface area contributed by atoms with E-state index < -0.39 is 0 Å². The van der Waals surface area contributed by atoms with Crippen molar-refractivity contribution in [2.45, 2.75) is 19.8 Å². The lowest BCUT2D eigenvalue weighted by atomic mass is 9.95. The average Bonchev–Trinajstić information content (AvgIpc) is 3.00. The van der Waals surface area contributed by atoms with E-state index in [-0.39, 0.29) is 5.78 Å². The van der Waals surface area contributed by atoms with E-state index >= 15 is 0 Å². The van der Waals surface area contributed by atoms with Crippen LogP contribution in [0.25, 0.3) is 22.2 Å². The molecule has 4 nitrogen and oxygen atoms in total. The lowest BCUT2D eigenvalue weighted by molar-refractivity contribution is -0.111. The number of hydrogen-bond donors (Lipinski definition) is 2. The highest BCUT2D eigenvalue weighted by Gasteiger charge is 2.21. The van der Waals surface area contributed by atoms with Crippen molar-refractivity contribution < 1.29 is 4.79 Å². The maximum atomic E-state index is 12.6. The molecule has 2 aromatic carbocycles. The number of aromatic nitrogens is 1. The second-order valence-corrected chi connectivity index (χ2v) is 7.14. The van der Waals surface area contributed by atoms with Gasteiger partial charge in [0.15, 0.2) is 5.78 Å². The van der Waals surface area contributed by atoms with E-state index in [2.05, 4.69) is 30.0 Å². The van der Waals surface area contributed by atoms with Crippen LogP contribution in [0.3, 0.4) is 0 Å². The third-order valence-corrected chi connectivity index (χ3v) is 4.80. The summed E-state index contributed by atoms with van der Waals surface area (Å²) in [6.45, 7) is 2.58. The first-order chi connectivity index (χ1) is 13.0. The van der Waals surface area contributed by atoms with Crippen molar-refractivity contribution in [2.24, 2.45) is 5.73 Å². The van der Waals surface area contributed by atoms with Crippen LogP contribution in [0.2, 0.25) is 0 Å². The number of aromatic amines is 1. The zero-order valence-corrected chi connectivity index (χ0v) is 16.3. The number of benzene rings is 2. The Hall–Kier alpha value is -2.85. The predicted octanol–water partition coefficient (Wildman–Crippen LogP) is 4.08. The molecule has 3 aromatic rings. The number of allylic oxidation sites excluding steroid dienone is 1. The minimum Gasteiger partial charge on any atom is -0.398 e. The first-order valence-electron chi connectivity index (χ1n) is 9.30. The van der Waals surface area contributed by atoms with Gasteiger partial charge in [0.25, 0.3) is 0 Å². The Labute approximate surface area is 160 Å². The van der Waals surface area contributed by atoms with Crippen molar-refractivity contribution in [1.82, 2.24) is 9.88 Å². The van der Waals surface area contributed by atoms with Crippen LogP contribution >= 0.6 is 0 Å². The summed E-state index contributed by atoms with van der Waals surface area (Å²) < 4.78 is 0. The summed E-state index contributed by atoms with van der Waals surface area (Å²) in [5.74, 6) is -0.0308. The molecule has 0 saturated heterocycles. The molecule has 3 rings (SSSR count). The van der Waals surface area contributed by atoms with Crippen LogP contribution in [-0.2, 0) is 11.2 Å². The molecule has 0 fully saturated rings. The topological polar surface area (TPSA) is 62.1 Å². The molecule has 140 valence electrons. The van der Waals surface area contributed by atoms with Gasteiger partial charge in [0.05, 0.1) is 17.0 Å². The number of carbonyl (C=O) groups excluding carboxylic acids is 1. The van der Waals surface area contributed by atoms with Crippen LogP contribution in [0.4, 0.5) is 0 Å². The highest BCUT2D eigenvalue weighted by Crippen LogP contribution is 2.32. The zero-order valence-electron chi connectivity index (χ0n) is 16.3. The van der Waals surface area contributed by atoms with Crippen LogP contribution < -0.4 is 5.73 Å². The van der Waals surface area contributed by atoms with Crippen LogP contribution in [0, 0.1) is 0 Å². The minimum atomic E-state index is -0.0308. The first kappa shape index (κ1) is 18.9. The van der Waals surface area contributed by atoms with Gasteiger partial charge in [-0.05, 0) is 57.6 Å². The molecule has 0 aliphatic rings. The summed E-state index contributed by atoms with van der Waals surface area (Å²) in [7, 11) is 4.15. The second-order valence-electron chi connectivity index (χ2n) is 7.14. The summed E-state index contributed by atoms with van der Waals surface area (Å²) in [6.07, 6.45) is 1.90. The molecule has 0 aliphatic heterocycles. The van der Waals surface area contributed by atoms with Gasteiger partial charge in [-0.15, -0.1) is 0 Å². The van der Waals surface area contributed by atoms with Crippen molar-refractivity contribution in [1.29, 1.82) is 0 Å². The van der Waals surface area contributed by atoms with E-state index in [1.165, 1.54) is 0 Å². The lowest BCUT2D eigenvalue weighted by Gasteiger charge is -2.13. The highest BCUT2D eigenvalue weighted by molar-refractivity contribution is 6.27. The van der Waals surface area contributed by atoms with Gasteiger partial charge in [-0.2, -0.15) is 0 Å². The van der Waals surface area contributed by atoms with Gasteiger partial charge in [-0.3, -0.25) is 4.79 Å². The second kappa shape index (κ2) is 8.23. The van der Waals surface area contributed by atoms with Crippen molar-refractivity contribution in [2.75, 3.05) is 20.6 Å². The Morgan fingerprint density at radius 1 is 1.04 bits per heavy atom. The Morgan fingerprint density at radius 2 is 1.70 bits per heavy atom. The molecule has 0 aliphatic carbocycles. The molecular weight excluding hydrogens is 334 g/mol. The Morgan fingerprint density at radius 3 is 2.37 bits per heavy atom. The fourth-order valence-electron chi connectivity index (χ4n) is 3.51. The molecule has 0 spiro atoms. The van der Waals surface area contributed by atoms with E-state index in [0.29, 0.717) is 11.3 Å². The van der Waals surface area contributed by atoms with E-state index in [9.17, 15) is 4.79 Å². The standard InChI is InChI=1S/C23H27N3O/c1-16(27)21(22(24)17-10-5-4-6-11-17)23-19(13-9-15-26(2)3)18-12-7-8-14-20(18)25-23/h4-8,10-12,14,25H,9,13,15,24H2,1-3H3/b22-21-. The largest absolute Gasteiger partial charge is 0.398 e. The van der Waals surface area contributed by atoms with Crippen molar-refractivity contribution >= 4 is 28.0 Å². The van der Waals surface area contributed by atoms with Gasteiger partial charge in [-0.25, -0.2) is 0 Å². The SMILES string of the molecule is CC(=O)/C(=C(/N)c1ccccc1)c1[nH]c2ccccc2c1CCCN(C)C. The number of H-pyrrole nitrogens is 1. The van der Waals surface area contributed by atoms with Gasteiger partial charge in [0.1, 0.15) is 0 Å². The van der Waals surface area contributed by atoms with Crippen molar-refractivity contribution in [3.8, 4) is 0 Å². The van der Waals surface area contributed by atoms with Gasteiger partial charge in [0, 0.05) is 10.9 Å². The number of carbonyl (C=O) groups is 1. The molecule has 4 heteroatoms. The monoisotopic (exact) mass is 361 g/mol. The van der Waals surface area contributed by atoms with Gasteiger partial charge in [0.2, 0.25) is 0 Å². The first-order valence-corrected chi connectivity index (χ1v) is 9.30. The fraction of sp³-hybridized carbons (Fsp3) is 0.261. The van der Waals surface area contributed by atoms with Gasteiger partial charge >= 0.3 is 0 Å². The Bertz CT molecular complexity index is 968. The summed E-state index contributed by atoms with van der Waals surface area (Å²) >= 11 is 0. The lowest BCUT2D eigenvalue weighted by Crippen LogP contribution is -2.14. The van der Waals surface area contributed by atoms with E-state index in [0.717, 1.165) is 47.1 Å². The summed E-state index contributed by atoms with van der Waals surface area (Å²) in [4.78, 5) is 18.2. The molecule has 0 unspecified atom stereocenters. The summed E-state index contributed by atoms with van der Waals surface area (Å²) in [6, 6.07) is 17.9. The number of nitrogens with one attached hydrogen (secondary N) is 1. The smallest absolute Gasteiger partial charge is 0.164 e. The molecule has 0 amide bonds. The molecule has 0 saturated carbocycles. The number of fused-ring (bicyclic) bond motifs is 1. The van der Waals surface area contributed by atoms with Crippen LogP contribution in [0.15, 0.2) is 54.6 Å². The molecule has 27 heavy (non-hydrogen) atoms. The average molecular weight is 361 g/mol. The molecule has 1 heterocycles. The van der Waals surface area contributed by atoms with E-state index in [1.54, 1.807) is 6.92 Å². The third-order valence-electron chi connectivity index (χ3n) is 4.80. The molecule has 1 aromatic heterocycles.